The molecular formula is C22H19N5. The molecule has 1 aromatic heterocycles. The fourth-order valence-corrected chi connectivity index (χ4v) is 3.81. The first kappa shape index (κ1) is 15.6. The van der Waals surface area contributed by atoms with Crippen LogP contribution in [0.4, 0.5) is 23.1 Å². The molecule has 0 bridgehead atoms. The van der Waals surface area contributed by atoms with Crippen LogP contribution in [0, 0.1) is 0 Å². The maximum Gasteiger partial charge on any atom is 0.222 e. The van der Waals surface area contributed by atoms with Gasteiger partial charge in [-0.25, -0.2) is 4.98 Å². The molecule has 0 unspecified atom stereocenters. The van der Waals surface area contributed by atoms with Gasteiger partial charge in [0.1, 0.15) is 5.82 Å². The van der Waals surface area contributed by atoms with Crippen molar-refractivity contribution >= 4 is 34.0 Å². The van der Waals surface area contributed by atoms with Gasteiger partial charge in [-0.05, 0) is 52.9 Å². The molecule has 1 aliphatic heterocycles. The number of benzene rings is 3. The lowest BCUT2D eigenvalue weighted by molar-refractivity contribution is 1.08. The lowest BCUT2D eigenvalue weighted by Gasteiger charge is -2.24. The largest absolute Gasteiger partial charge is 0.383 e. The minimum atomic E-state index is 0.203. The van der Waals surface area contributed by atoms with Gasteiger partial charge in [-0.1, -0.05) is 36.4 Å². The van der Waals surface area contributed by atoms with E-state index >= 15 is 0 Å². The number of fused-ring (bicyclic) bond motifs is 3. The molecule has 0 radical (unpaired) electrons. The van der Waals surface area contributed by atoms with Gasteiger partial charge in [-0.15, -0.1) is 0 Å². The number of anilines is 4. The summed E-state index contributed by atoms with van der Waals surface area (Å²) in [5.74, 6) is 0.625. The Hall–Kier alpha value is -3.60. The number of nitrogens with two attached hydrogens (primary N) is 2. The van der Waals surface area contributed by atoms with Crippen molar-refractivity contribution < 1.29 is 0 Å². The summed E-state index contributed by atoms with van der Waals surface area (Å²) in [7, 11) is 0. The zero-order chi connectivity index (χ0) is 18.4. The molecule has 5 heteroatoms. The zero-order valence-electron chi connectivity index (χ0n) is 14.7. The quantitative estimate of drug-likeness (QED) is 0.446. The predicted octanol–water partition coefficient (Wildman–Crippen LogP) is 4.03. The Morgan fingerprint density at radius 2 is 1.74 bits per heavy atom. The highest BCUT2D eigenvalue weighted by atomic mass is 15.0. The van der Waals surface area contributed by atoms with Crippen molar-refractivity contribution in [3.63, 3.8) is 0 Å². The van der Waals surface area contributed by atoms with Gasteiger partial charge >= 0.3 is 0 Å². The van der Waals surface area contributed by atoms with Gasteiger partial charge in [-0.2, -0.15) is 4.98 Å². The van der Waals surface area contributed by atoms with E-state index in [0.29, 0.717) is 5.82 Å². The van der Waals surface area contributed by atoms with Crippen molar-refractivity contribution in [2.45, 2.75) is 12.8 Å². The lowest BCUT2D eigenvalue weighted by Crippen LogP contribution is -2.09. The molecule has 5 N–H and O–H groups in total. The maximum absolute atomic E-state index is 6.04. The van der Waals surface area contributed by atoms with Crippen LogP contribution in [0.2, 0.25) is 0 Å². The number of para-hydroxylation sites is 1. The summed E-state index contributed by atoms with van der Waals surface area (Å²) in [5, 5.41) is 4.40. The number of aromatic nitrogens is 2. The summed E-state index contributed by atoms with van der Waals surface area (Å²) in [4.78, 5) is 8.34. The Kier molecular flexibility index (Phi) is 3.47. The van der Waals surface area contributed by atoms with Crippen molar-refractivity contribution in [3.05, 3.63) is 82.9 Å². The summed E-state index contributed by atoms with van der Waals surface area (Å²) >= 11 is 0. The van der Waals surface area contributed by atoms with Gasteiger partial charge in [0, 0.05) is 23.2 Å². The second-order valence-corrected chi connectivity index (χ2v) is 6.90. The number of nitrogens with zero attached hydrogens (tertiary/aromatic N) is 2. The van der Waals surface area contributed by atoms with Crippen molar-refractivity contribution in [2.75, 3.05) is 16.8 Å². The molecule has 27 heavy (non-hydrogen) atoms. The van der Waals surface area contributed by atoms with E-state index in [-0.39, 0.29) is 5.95 Å². The first-order chi connectivity index (χ1) is 13.2. The second kappa shape index (κ2) is 5.99. The lowest BCUT2D eigenvalue weighted by atomic mass is 9.90. The van der Waals surface area contributed by atoms with E-state index in [0.717, 1.165) is 23.7 Å². The van der Waals surface area contributed by atoms with Gasteiger partial charge in [-0.3, -0.25) is 0 Å². The molecule has 1 aliphatic rings. The highest BCUT2D eigenvalue weighted by Gasteiger charge is 2.17. The normalized spacial score (nSPS) is 12.3. The van der Waals surface area contributed by atoms with E-state index < -0.39 is 0 Å². The summed E-state index contributed by atoms with van der Waals surface area (Å²) in [5.41, 5.74) is 20.0. The summed E-state index contributed by atoms with van der Waals surface area (Å²) < 4.78 is 0. The van der Waals surface area contributed by atoms with E-state index in [9.17, 15) is 0 Å². The Morgan fingerprint density at radius 3 is 2.67 bits per heavy atom. The van der Waals surface area contributed by atoms with Crippen LogP contribution in [0.15, 0.2) is 60.7 Å². The Balaban J connectivity index is 1.53. The van der Waals surface area contributed by atoms with Crippen LogP contribution in [-0.2, 0) is 12.8 Å². The van der Waals surface area contributed by atoms with Gasteiger partial charge in [0.05, 0.1) is 5.52 Å². The van der Waals surface area contributed by atoms with Gasteiger partial charge in [0.25, 0.3) is 0 Å². The molecule has 132 valence electrons. The summed E-state index contributed by atoms with van der Waals surface area (Å²) in [6, 6.07) is 21.0. The Bertz CT molecular complexity index is 1180. The highest BCUT2D eigenvalue weighted by Crippen LogP contribution is 2.35. The molecule has 3 aromatic carbocycles. The Labute approximate surface area is 157 Å². The van der Waals surface area contributed by atoms with Crippen LogP contribution in [0.3, 0.4) is 0 Å². The molecule has 0 saturated heterocycles. The molecule has 0 saturated carbocycles. The molecular weight excluding hydrogens is 334 g/mol. The van der Waals surface area contributed by atoms with Crippen molar-refractivity contribution in [3.8, 4) is 0 Å². The molecule has 0 fully saturated rings. The molecule has 0 spiro atoms. The topological polar surface area (TPSA) is 89.8 Å². The van der Waals surface area contributed by atoms with E-state index in [2.05, 4.69) is 69.9 Å². The van der Waals surface area contributed by atoms with E-state index in [1.54, 1.807) is 0 Å². The average molecular weight is 353 g/mol. The van der Waals surface area contributed by atoms with Crippen molar-refractivity contribution in [1.82, 2.24) is 9.97 Å². The molecule has 4 aromatic rings. The third-order valence-corrected chi connectivity index (χ3v) is 5.13. The molecule has 5 rings (SSSR count). The summed E-state index contributed by atoms with van der Waals surface area (Å²) in [6.07, 6.45) is 1.76. The van der Waals surface area contributed by atoms with Gasteiger partial charge in [0.2, 0.25) is 5.95 Å². The van der Waals surface area contributed by atoms with Crippen molar-refractivity contribution in [1.29, 1.82) is 0 Å². The van der Waals surface area contributed by atoms with E-state index in [1.807, 2.05) is 6.07 Å². The van der Waals surface area contributed by atoms with Gasteiger partial charge in [0.15, 0.2) is 0 Å². The third kappa shape index (κ3) is 2.73. The first-order valence-electron chi connectivity index (χ1n) is 8.95. The molecule has 2 heterocycles. The Morgan fingerprint density at radius 1 is 0.889 bits per heavy atom. The SMILES string of the molecule is Nc1nc(N)c2cc(Cc3cccc4c3Cc3ccccc3N4)ccc2n1. The van der Waals surface area contributed by atoms with Crippen LogP contribution in [0.5, 0.6) is 0 Å². The maximum atomic E-state index is 6.04. The number of hydrogen-bond donors (Lipinski definition) is 3. The highest BCUT2D eigenvalue weighted by molar-refractivity contribution is 5.89. The number of hydrogen-bond acceptors (Lipinski definition) is 5. The average Bonchev–Trinajstić information content (AvgIpc) is 2.67. The van der Waals surface area contributed by atoms with Crippen LogP contribution < -0.4 is 16.8 Å². The zero-order valence-corrected chi connectivity index (χ0v) is 14.7. The monoisotopic (exact) mass is 353 g/mol. The van der Waals surface area contributed by atoms with Gasteiger partial charge < -0.3 is 16.8 Å². The summed E-state index contributed by atoms with van der Waals surface area (Å²) in [6.45, 7) is 0. The standard InChI is InChI=1S/C22H19N5/c23-21-17-11-13(8-9-20(17)26-22(24)27-21)10-14-5-3-7-19-16(14)12-15-4-1-2-6-18(15)25-19/h1-9,11,25H,10,12H2,(H4,23,24,26,27). The third-order valence-electron chi connectivity index (χ3n) is 5.13. The van der Waals surface area contributed by atoms with E-state index in [4.69, 9.17) is 11.5 Å². The molecule has 0 atom stereocenters. The molecule has 5 nitrogen and oxygen atoms in total. The number of nitrogens with one attached hydrogen (secondary N) is 1. The second-order valence-electron chi connectivity index (χ2n) is 6.90. The fraction of sp³-hybridized carbons (Fsp3) is 0.0909. The smallest absolute Gasteiger partial charge is 0.222 e. The van der Waals surface area contributed by atoms with Crippen LogP contribution in [0.25, 0.3) is 10.9 Å². The minimum Gasteiger partial charge on any atom is -0.383 e. The molecule has 0 aliphatic carbocycles. The van der Waals surface area contributed by atoms with Crippen LogP contribution in [0.1, 0.15) is 22.3 Å². The first-order valence-corrected chi connectivity index (χ1v) is 8.95. The number of rotatable bonds is 2. The van der Waals surface area contributed by atoms with Crippen LogP contribution in [-0.4, -0.2) is 9.97 Å². The van der Waals surface area contributed by atoms with E-state index in [1.165, 1.54) is 33.6 Å². The minimum absolute atomic E-state index is 0.203. The van der Waals surface area contributed by atoms with Crippen LogP contribution >= 0.6 is 0 Å². The van der Waals surface area contributed by atoms with Crippen molar-refractivity contribution in [2.24, 2.45) is 0 Å². The number of nitrogen functional groups attached to an aromatic ring is 2. The fourth-order valence-electron chi connectivity index (χ4n) is 3.81. The predicted molar refractivity (Wildman–Crippen MR) is 110 cm³/mol. The molecule has 0 amide bonds.